The summed E-state index contributed by atoms with van der Waals surface area (Å²) in [5.41, 5.74) is 0.850. The lowest BCUT2D eigenvalue weighted by molar-refractivity contribution is 0.0697. The van der Waals surface area contributed by atoms with Gasteiger partial charge in [-0.25, -0.2) is 4.79 Å². The summed E-state index contributed by atoms with van der Waals surface area (Å²) in [5.74, 6) is -0.976. The molecular weight excluding hydrogens is 192 g/mol. The molecule has 0 aliphatic rings. The fraction of sp³-hybridized carbons (Fsp3) is 0.0833. The quantitative estimate of drug-likeness (QED) is 0.783. The number of carbonyl (C=O) groups is 1. The van der Waals surface area contributed by atoms with E-state index in [-0.39, 0.29) is 12.2 Å². The maximum absolute atomic E-state index is 10.8. The molecule has 2 aromatic carbocycles. The largest absolute Gasteiger partial charge is 0.478 e. The number of carboxylic acids is 1. The lowest BCUT2D eigenvalue weighted by Crippen LogP contribution is -1.98. The second-order valence-corrected chi connectivity index (χ2v) is 3.32. The normalized spacial score (nSPS) is 10.5. The molecule has 0 unspecified atom stereocenters. The second kappa shape index (κ2) is 3.71. The Kier molecular flexibility index (Phi) is 2.39. The number of benzene rings is 2. The van der Waals surface area contributed by atoms with Gasteiger partial charge < -0.3 is 10.2 Å². The summed E-state index contributed by atoms with van der Waals surface area (Å²) in [6.45, 7) is -0.151. The van der Waals surface area contributed by atoms with Crippen LogP contribution in [0, 0.1) is 0 Å². The molecule has 76 valence electrons. The van der Waals surface area contributed by atoms with Crippen LogP contribution in [0.25, 0.3) is 10.8 Å². The first-order chi connectivity index (χ1) is 7.22. The van der Waals surface area contributed by atoms with Crippen LogP contribution in [0.4, 0.5) is 0 Å². The molecule has 0 aliphatic carbocycles. The first-order valence-electron chi connectivity index (χ1n) is 4.58. The standard InChI is InChI=1S/C12H10O3/c13-7-10-6-9(12(14)15)5-8-3-1-2-4-11(8)10/h1-6,13H,7H2,(H,14,15). The van der Waals surface area contributed by atoms with Crippen molar-refractivity contribution >= 4 is 16.7 Å². The highest BCUT2D eigenvalue weighted by molar-refractivity contribution is 5.96. The number of fused-ring (bicyclic) bond motifs is 1. The van der Waals surface area contributed by atoms with E-state index in [0.717, 1.165) is 10.8 Å². The van der Waals surface area contributed by atoms with Gasteiger partial charge in [-0.2, -0.15) is 0 Å². The Morgan fingerprint density at radius 2 is 1.93 bits per heavy atom. The Hall–Kier alpha value is -1.87. The monoisotopic (exact) mass is 202 g/mol. The molecule has 0 bridgehead atoms. The number of carboxylic acid groups (broad SMARTS) is 1. The van der Waals surface area contributed by atoms with Crippen molar-refractivity contribution in [2.75, 3.05) is 0 Å². The smallest absolute Gasteiger partial charge is 0.335 e. The van der Waals surface area contributed by atoms with Crippen LogP contribution in [0.2, 0.25) is 0 Å². The minimum Gasteiger partial charge on any atom is -0.478 e. The van der Waals surface area contributed by atoms with Crippen molar-refractivity contribution in [3.05, 3.63) is 47.5 Å². The lowest BCUT2D eigenvalue weighted by Gasteiger charge is -2.05. The summed E-state index contributed by atoms with van der Waals surface area (Å²) in [7, 11) is 0. The van der Waals surface area contributed by atoms with Crippen molar-refractivity contribution in [2.24, 2.45) is 0 Å². The van der Waals surface area contributed by atoms with Gasteiger partial charge >= 0.3 is 5.97 Å². The van der Waals surface area contributed by atoms with Crippen molar-refractivity contribution < 1.29 is 15.0 Å². The Morgan fingerprint density at radius 1 is 1.20 bits per heavy atom. The van der Waals surface area contributed by atoms with Gasteiger partial charge in [0, 0.05) is 0 Å². The van der Waals surface area contributed by atoms with Gasteiger partial charge in [0.05, 0.1) is 12.2 Å². The van der Waals surface area contributed by atoms with Gasteiger partial charge in [-0.05, 0) is 28.5 Å². The Bertz CT molecular complexity index is 517. The molecular formula is C12H10O3. The summed E-state index contributed by atoms with van der Waals surface area (Å²) in [6.07, 6.45) is 0. The van der Waals surface area contributed by atoms with Gasteiger partial charge in [-0.1, -0.05) is 24.3 Å². The van der Waals surface area contributed by atoms with Gasteiger partial charge in [0.15, 0.2) is 0 Å². The minimum absolute atomic E-state index is 0.151. The molecule has 0 amide bonds. The van der Waals surface area contributed by atoms with E-state index in [9.17, 15) is 4.79 Å². The summed E-state index contributed by atoms with van der Waals surface area (Å²) in [4.78, 5) is 10.8. The number of aliphatic hydroxyl groups excluding tert-OH is 1. The first kappa shape index (κ1) is 9.68. The Balaban J connectivity index is 2.77. The summed E-state index contributed by atoms with van der Waals surface area (Å²) in [6, 6.07) is 10.5. The van der Waals surface area contributed by atoms with E-state index in [1.54, 1.807) is 6.07 Å². The van der Waals surface area contributed by atoms with E-state index in [2.05, 4.69) is 0 Å². The molecule has 2 rings (SSSR count). The van der Waals surface area contributed by atoms with Crippen molar-refractivity contribution in [2.45, 2.75) is 6.61 Å². The highest BCUT2D eigenvalue weighted by Gasteiger charge is 2.07. The Morgan fingerprint density at radius 3 is 2.60 bits per heavy atom. The third-order valence-corrected chi connectivity index (χ3v) is 2.36. The van der Waals surface area contributed by atoms with E-state index in [1.807, 2.05) is 24.3 Å². The predicted octanol–water partition coefficient (Wildman–Crippen LogP) is 2.03. The summed E-state index contributed by atoms with van der Waals surface area (Å²) < 4.78 is 0. The molecule has 3 nitrogen and oxygen atoms in total. The van der Waals surface area contributed by atoms with Crippen LogP contribution >= 0.6 is 0 Å². The molecule has 0 saturated heterocycles. The van der Waals surface area contributed by atoms with Crippen LogP contribution in [0.5, 0.6) is 0 Å². The minimum atomic E-state index is -0.976. The van der Waals surface area contributed by atoms with Crippen molar-refractivity contribution in [1.29, 1.82) is 0 Å². The highest BCUT2D eigenvalue weighted by Crippen LogP contribution is 2.21. The van der Waals surface area contributed by atoms with Crippen LogP contribution in [0.3, 0.4) is 0 Å². The molecule has 2 aromatic rings. The molecule has 15 heavy (non-hydrogen) atoms. The topological polar surface area (TPSA) is 57.5 Å². The van der Waals surface area contributed by atoms with Gasteiger partial charge in [-0.15, -0.1) is 0 Å². The third-order valence-electron chi connectivity index (χ3n) is 2.36. The fourth-order valence-electron chi connectivity index (χ4n) is 1.64. The predicted molar refractivity (Wildman–Crippen MR) is 56.8 cm³/mol. The van der Waals surface area contributed by atoms with Crippen molar-refractivity contribution in [3.8, 4) is 0 Å². The van der Waals surface area contributed by atoms with Gasteiger partial charge in [-0.3, -0.25) is 0 Å². The maximum Gasteiger partial charge on any atom is 0.335 e. The Labute approximate surface area is 86.6 Å². The summed E-state index contributed by atoms with van der Waals surface area (Å²) >= 11 is 0. The zero-order valence-electron chi connectivity index (χ0n) is 7.97. The van der Waals surface area contributed by atoms with Gasteiger partial charge in [0.1, 0.15) is 0 Å². The molecule has 0 aliphatic heterocycles. The lowest BCUT2D eigenvalue weighted by atomic mass is 10.0. The van der Waals surface area contributed by atoms with Crippen LogP contribution in [0.15, 0.2) is 36.4 Å². The number of hydrogen-bond acceptors (Lipinski definition) is 2. The third kappa shape index (κ3) is 1.69. The molecule has 0 aromatic heterocycles. The van der Waals surface area contributed by atoms with Gasteiger partial charge in [0.2, 0.25) is 0 Å². The van der Waals surface area contributed by atoms with Crippen molar-refractivity contribution in [3.63, 3.8) is 0 Å². The zero-order valence-corrected chi connectivity index (χ0v) is 7.97. The molecule has 0 fully saturated rings. The average molecular weight is 202 g/mol. The first-order valence-corrected chi connectivity index (χ1v) is 4.58. The molecule has 0 spiro atoms. The van der Waals surface area contributed by atoms with Crippen LogP contribution in [0.1, 0.15) is 15.9 Å². The molecule has 0 heterocycles. The van der Waals surface area contributed by atoms with E-state index in [0.29, 0.717) is 5.56 Å². The van der Waals surface area contributed by atoms with E-state index in [1.165, 1.54) is 6.07 Å². The number of aromatic carboxylic acids is 1. The molecule has 0 saturated carbocycles. The SMILES string of the molecule is O=C(O)c1cc(CO)c2ccccc2c1. The number of rotatable bonds is 2. The molecule has 0 radical (unpaired) electrons. The van der Waals surface area contributed by atoms with Crippen LogP contribution < -0.4 is 0 Å². The molecule has 2 N–H and O–H groups in total. The van der Waals surface area contributed by atoms with Gasteiger partial charge in [0.25, 0.3) is 0 Å². The second-order valence-electron chi connectivity index (χ2n) is 3.32. The van der Waals surface area contributed by atoms with E-state index in [4.69, 9.17) is 10.2 Å². The number of hydrogen-bond donors (Lipinski definition) is 2. The zero-order chi connectivity index (χ0) is 10.8. The van der Waals surface area contributed by atoms with E-state index < -0.39 is 5.97 Å². The summed E-state index contributed by atoms with van der Waals surface area (Å²) in [5, 5.41) is 19.8. The number of aliphatic hydroxyl groups is 1. The maximum atomic E-state index is 10.8. The van der Waals surface area contributed by atoms with Crippen LogP contribution in [-0.4, -0.2) is 16.2 Å². The van der Waals surface area contributed by atoms with E-state index >= 15 is 0 Å². The van der Waals surface area contributed by atoms with Crippen molar-refractivity contribution in [1.82, 2.24) is 0 Å². The van der Waals surface area contributed by atoms with Crippen LogP contribution in [-0.2, 0) is 6.61 Å². The average Bonchev–Trinajstić information content (AvgIpc) is 2.27. The molecule has 0 atom stereocenters. The fourth-order valence-corrected chi connectivity index (χ4v) is 1.64. The molecule has 3 heteroatoms. The highest BCUT2D eigenvalue weighted by atomic mass is 16.4.